The molecule has 0 atom stereocenters. The summed E-state index contributed by atoms with van der Waals surface area (Å²) >= 11 is 0. The second-order valence-electron chi connectivity index (χ2n) is 3.22. The largest absolute Gasteiger partial charge is 0.355 e. The number of hydrogen-bond donors (Lipinski definition) is 1. The third-order valence-corrected chi connectivity index (χ3v) is 2.41. The van der Waals surface area contributed by atoms with E-state index in [0.717, 1.165) is 0 Å². The van der Waals surface area contributed by atoms with Crippen LogP contribution in [0.5, 0.6) is 0 Å². The summed E-state index contributed by atoms with van der Waals surface area (Å²) in [6.45, 7) is 0. The molecular formula is C12H10IN. The lowest BCUT2D eigenvalue weighted by atomic mass is 10.2. The Hall–Kier alpha value is -1.03. The highest BCUT2D eigenvalue weighted by atomic mass is 127. The van der Waals surface area contributed by atoms with E-state index in [2.05, 4.69) is 53.5 Å². The van der Waals surface area contributed by atoms with Crippen molar-refractivity contribution < 1.29 is 0 Å². The number of nitrogens with one attached hydrogen (secondary N) is 1. The van der Waals surface area contributed by atoms with Gasteiger partial charge in [0.15, 0.2) is 0 Å². The summed E-state index contributed by atoms with van der Waals surface area (Å²) in [5.74, 6) is 0. The molecular weight excluding hydrogens is 285 g/mol. The second-order valence-corrected chi connectivity index (χ2v) is 3.22. The van der Waals surface area contributed by atoms with Crippen molar-refractivity contribution in [1.82, 2.24) is 4.98 Å². The van der Waals surface area contributed by atoms with Gasteiger partial charge in [0.2, 0.25) is 0 Å². The monoisotopic (exact) mass is 295 g/mol. The van der Waals surface area contributed by atoms with E-state index in [1.165, 1.54) is 21.8 Å². The highest BCUT2D eigenvalue weighted by Crippen LogP contribution is 2.24. The molecule has 0 aliphatic carbocycles. The molecule has 0 unspecified atom stereocenters. The van der Waals surface area contributed by atoms with Crippen LogP contribution >= 0.6 is 24.0 Å². The number of aromatic amines is 1. The Morgan fingerprint density at radius 3 is 1.57 bits per heavy atom. The normalized spacial score (nSPS) is 10.3. The first-order chi connectivity index (χ1) is 6.45. The van der Waals surface area contributed by atoms with Crippen molar-refractivity contribution in [3.63, 3.8) is 0 Å². The molecule has 3 aromatic rings. The van der Waals surface area contributed by atoms with Gasteiger partial charge in [-0.15, -0.1) is 24.0 Å². The predicted octanol–water partition coefficient (Wildman–Crippen LogP) is 3.94. The molecule has 0 aliphatic heterocycles. The predicted molar refractivity (Wildman–Crippen MR) is 71.2 cm³/mol. The highest BCUT2D eigenvalue weighted by molar-refractivity contribution is 14.0. The summed E-state index contributed by atoms with van der Waals surface area (Å²) in [6, 6.07) is 16.8. The molecule has 0 aliphatic rings. The van der Waals surface area contributed by atoms with Crippen LogP contribution in [0.25, 0.3) is 21.8 Å². The lowest BCUT2D eigenvalue weighted by molar-refractivity contribution is 1.55. The highest BCUT2D eigenvalue weighted by Gasteiger charge is 2.00. The number of hydrogen-bond acceptors (Lipinski definition) is 0. The fourth-order valence-corrected chi connectivity index (χ4v) is 1.80. The first kappa shape index (κ1) is 9.52. The number of benzene rings is 2. The molecule has 0 saturated heterocycles. The molecule has 3 rings (SSSR count). The van der Waals surface area contributed by atoms with Crippen LogP contribution in [0.1, 0.15) is 0 Å². The van der Waals surface area contributed by atoms with Crippen molar-refractivity contribution in [2.24, 2.45) is 0 Å². The van der Waals surface area contributed by atoms with Crippen LogP contribution < -0.4 is 0 Å². The van der Waals surface area contributed by atoms with Crippen LogP contribution in [0.3, 0.4) is 0 Å². The Kier molecular flexibility index (Phi) is 2.46. The minimum atomic E-state index is 0. The van der Waals surface area contributed by atoms with Gasteiger partial charge >= 0.3 is 0 Å². The standard InChI is InChI=1S/C12H9N.HI/c1-3-7-11-9(5-1)10-6-2-4-8-12(10)13-11;/h1-8,13H;1H. The van der Waals surface area contributed by atoms with Gasteiger partial charge < -0.3 is 4.98 Å². The molecule has 1 N–H and O–H groups in total. The van der Waals surface area contributed by atoms with E-state index in [9.17, 15) is 0 Å². The van der Waals surface area contributed by atoms with Crippen molar-refractivity contribution in [1.29, 1.82) is 0 Å². The average molecular weight is 295 g/mol. The molecule has 1 heterocycles. The maximum absolute atomic E-state index is 3.38. The summed E-state index contributed by atoms with van der Waals surface area (Å²) in [7, 11) is 0. The number of halogens is 1. The molecule has 0 radical (unpaired) electrons. The Labute approximate surface area is 99.1 Å². The molecule has 1 aromatic heterocycles. The lowest BCUT2D eigenvalue weighted by Gasteiger charge is -1.87. The van der Waals surface area contributed by atoms with Crippen molar-refractivity contribution in [3.8, 4) is 0 Å². The molecule has 2 aromatic carbocycles. The molecule has 0 saturated carbocycles. The van der Waals surface area contributed by atoms with Crippen LogP contribution in [0.15, 0.2) is 48.5 Å². The summed E-state index contributed by atoms with van der Waals surface area (Å²) in [4.78, 5) is 3.38. The molecule has 70 valence electrons. The molecule has 0 bridgehead atoms. The van der Waals surface area contributed by atoms with Crippen molar-refractivity contribution in [2.45, 2.75) is 0 Å². The number of aromatic nitrogens is 1. The zero-order chi connectivity index (χ0) is 8.67. The molecule has 0 amide bonds. The van der Waals surface area contributed by atoms with E-state index in [1.807, 2.05) is 0 Å². The Morgan fingerprint density at radius 1 is 0.643 bits per heavy atom. The SMILES string of the molecule is I.c1ccc2c(c1)[nH]c1ccccc12. The summed E-state index contributed by atoms with van der Waals surface area (Å²) in [6.07, 6.45) is 0. The summed E-state index contributed by atoms with van der Waals surface area (Å²) in [5, 5.41) is 2.61. The Bertz CT molecular complexity index is 518. The number of H-pyrrole nitrogens is 1. The van der Waals surface area contributed by atoms with Crippen LogP contribution in [-0.4, -0.2) is 4.98 Å². The summed E-state index contributed by atoms with van der Waals surface area (Å²) < 4.78 is 0. The molecule has 2 heteroatoms. The second kappa shape index (κ2) is 3.61. The number of rotatable bonds is 0. The number of fused-ring (bicyclic) bond motifs is 3. The van der Waals surface area contributed by atoms with Gasteiger partial charge in [-0.2, -0.15) is 0 Å². The average Bonchev–Trinajstić information content (AvgIpc) is 2.56. The van der Waals surface area contributed by atoms with Gasteiger partial charge in [-0.1, -0.05) is 36.4 Å². The fourth-order valence-electron chi connectivity index (χ4n) is 1.80. The fraction of sp³-hybridized carbons (Fsp3) is 0. The maximum Gasteiger partial charge on any atom is 0.0464 e. The van der Waals surface area contributed by atoms with Crippen LogP contribution in [0.2, 0.25) is 0 Å². The minimum absolute atomic E-state index is 0. The number of para-hydroxylation sites is 2. The van der Waals surface area contributed by atoms with Gasteiger partial charge in [-0.3, -0.25) is 0 Å². The van der Waals surface area contributed by atoms with E-state index in [1.54, 1.807) is 0 Å². The first-order valence-corrected chi connectivity index (χ1v) is 4.40. The first-order valence-electron chi connectivity index (χ1n) is 4.40. The molecule has 0 spiro atoms. The molecule has 1 nitrogen and oxygen atoms in total. The third kappa shape index (κ3) is 1.30. The van der Waals surface area contributed by atoms with Gasteiger partial charge in [-0.05, 0) is 12.1 Å². The Balaban J connectivity index is 0.000000750. The van der Waals surface area contributed by atoms with E-state index in [-0.39, 0.29) is 24.0 Å². The van der Waals surface area contributed by atoms with Crippen LogP contribution in [0, 0.1) is 0 Å². The van der Waals surface area contributed by atoms with E-state index in [4.69, 9.17) is 0 Å². The summed E-state index contributed by atoms with van der Waals surface area (Å²) in [5.41, 5.74) is 2.42. The van der Waals surface area contributed by atoms with Crippen molar-refractivity contribution >= 4 is 45.8 Å². The van der Waals surface area contributed by atoms with Gasteiger partial charge in [0, 0.05) is 21.8 Å². The zero-order valence-electron chi connectivity index (χ0n) is 7.53. The topological polar surface area (TPSA) is 15.8 Å². The quantitative estimate of drug-likeness (QED) is 0.605. The lowest BCUT2D eigenvalue weighted by Crippen LogP contribution is -1.62. The Morgan fingerprint density at radius 2 is 1.07 bits per heavy atom. The maximum atomic E-state index is 3.38. The van der Waals surface area contributed by atoms with Gasteiger partial charge in [0.1, 0.15) is 0 Å². The third-order valence-electron chi connectivity index (χ3n) is 2.41. The van der Waals surface area contributed by atoms with E-state index in [0.29, 0.717) is 0 Å². The van der Waals surface area contributed by atoms with Gasteiger partial charge in [-0.25, -0.2) is 0 Å². The minimum Gasteiger partial charge on any atom is -0.355 e. The van der Waals surface area contributed by atoms with Gasteiger partial charge in [0.05, 0.1) is 0 Å². The van der Waals surface area contributed by atoms with Crippen molar-refractivity contribution in [2.75, 3.05) is 0 Å². The van der Waals surface area contributed by atoms with Crippen LogP contribution in [0.4, 0.5) is 0 Å². The van der Waals surface area contributed by atoms with Crippen molar-refractivity contribution in [3.05, 3.63) is 48.5 Å². The smallest absolute Gasteiger partial charge is 0.0464 e. The van der Waals surface area contributed by atoms with E-state index >= 15 is 0 Å². The molecule has 0 fully saturated rings. The van der Waals surface area contributed by atoms with Gasteiger partial charge in [0.25, 0.3) is 0 Å². The van der Waals surface area contributed by atoms with Crippen LogP contribution in [-0.2, 0) is 0 Å². The zero-order valence-corrected chi connectivity index (χ0v) is 9.86. The molecule has 14 heavy (non-hydrogen) atoms. The van der Waals surface area contributed by atoms with E-state index < -0.39 is 0 Å².